The van der Waals surface area contributed by atoms with Crippen molar-refractivity contribution in [2.75, 3.05) is 24.1 Å². The highest BCUT2D eigenvalue weighted by atomic mass is 35.5. The first-order valence-corrected chi connectivity index (χ1v) is 13.5. The van der Waals surface area contributed by atoms with E-state index in [1.54, 1.807) is 42.5 Å². The Balaban J connectivity index is 0.00000361. The second-order valence-electron chi connectivity index (χ2n) is 8.85. The highest BCUT2D eigenvalue weighted by molar-refractivity contribution is 7.92. The number of aromatic carboxylic acids is 1. The number of nitrogens with one attached hydrogen (secondary N) is 2. The molecule has 0 spiro atoms. The van der Waals surface area contributed by atoms with Gasteiger partial charge in [-0.2, -0.15) is 0 Å². The number of aliphatic hydroxyl groups is 1. The van der Waals surface area contributed by atoms with Gasteiger partial charge in [0.25, 0.3) is 0 Å². The van der Waals surface area contributed by atoms with Crippen molar-refractivity contribution in [3.8, 4) is 16.9 Å². The first-order valence-electron chi connectivity index (χ1n) is 11.6. The van der Waals surface area contributed by atoms with Gasteiger partial charge >= 0.3 is 5.97 Å². The Labute approximate surface area is 236 Å². The second kappa shape index (κ2) is 14.9. The standard InChI is InChI=1S/C27H32N2O6S.2ClH/c1-18(2)35-26-16-21(11-12-24(26)27(31)32)20-9-7-19(8-10-20)13-14-28-17-25(30)22-5-4-6-23(15-22)29-36(3,33)34;;/h4-12,15-16,18,25,28-30H,13-14,17H2,1-3H3,(H,31,32);2*1H/t25-;;/m0../s1. The van der Waals surface area contributed by atoms with Gasteiger partial charge in [0.2, 0.25) is 10.0 Å². The summed E-state index contributed by atoms with van der Waals surface area (Å²) in [5.74, 6) is -0.678. The molecule has 1 atom stereocenters. The average Bonchev–Trinajstić information content (AvgIpc) is 2.80. The molecule has 38 heavy (non-hydrogen) atoms. The van der Waals surface area contributed by atoms with E-state index in [4.69, 9.17) is 4.74 Å². The van der Waals surface area contributed by atoms with Crippen LogP contribution in [0.4, 0.5) is 5.69 Å². The van der Waals surface area contributed by atoms with Crippen LogP contribution in [0.3, 0.4) is 0 Å². The third-order valence-corrected chi connectivity index (χ3v) is 5.97. The fourth-order valence-corrected chi connectivity index (χ4v) is 4.26. The highest BCUT2D eigenvalue weighted by Crippen LogP contribution is 2.28. The summed E-state index contributed by atoms with van der Waals surface area (Å²) in [6, 6.07) is 19.8. The van der Waals surface area contributed by atoms with Crippen LogP contribution in [0.25, 0.3) is 11.1 Å². The van der Waals surface area contributed by atoms with Gasteiger partial charge in [-0.05, 0) is 73.3 Å². The van der Waals surface area contributed by atoms with E-state index in [9.17, 15) is 23.4 Å². The zero-order chi connectivity index (χ0) is 26.3. The van der Waals surface area contributed by atoms with Gasteiger partial charge in [-0.1, -0.05) is 42.5 Å². The first-order chi connectivity index (χ1) is 17.0. The van der Waals surface area contributed by atoms with E-state index in [0.717, 1.165) is 29.4 Å². The van der Waals surface area contributed by atoms with Gasteiger partial charge in [0, 0.05) is 12.2 Å². The van der Waals surface area contributed by atoms with Crippen molar-refractivity contribution in [2.24, 2.45) is 0 Å². The molecule has 208 valence electrons. The van der Waals surface area contributed by atoms with Gasteiger partial charge in [0.1, 0.15) is 11.3 Å². The summed E-state index contributed by atoms with van der Waals surface area (Å²) in [5.41, 5.74) is 4.10. The molecule has 0 fully saturated rings. The van der Waals surface area contributed by atoms with Crippen LogP contribution in [0.15, 0.2) is 66.7 Å². The van der Waals surface area contributed by atoms with Crippen molar-refractivity contribution >= 4 is 46.5 Å². The van der Waals surface area contributed by atoms with E-state index in [1.165, 1.54) is 0 Å². The number of carboxylic acids is 1. The minimum absolute atomic E-state index is 0. The van der Waals surface area contributed by atoms with E-state index in [-0.39, 0.29) is 36.5 Å². The number of rotatable bonds is 12. The molecule has 3 aromatic rings. The van der Waals surface area contributed by atoms with Crippen LogP contribution in [0.2, 0.25) is 0 Å². The van der Waals surface area contributed by atoms with Gasteiger partial charge in [-0.25, -0.2) is 13.2 Å². The SMILES string of the molecule is CC(C)Oc1cc(-c2ccc(CCNC[C@H](O)c3cccc(NS(C)(=O)=O)c3)cc2)ccc1C(=O)O.Cl.Cl. The number of hydrogen-bond donors (Lipinski definition) is 4. The molecule has 0 aliphatic carbocycles. The minimum atomic E-state index is -3.38. The van der Waals surface area contributed by atoms with Crippen LogP contribution in [-0.2, 0) is 16.4 Å². The van der Waals surface area contributed by atoms with Crippen LogP contribution in [-0.4, -0.2) is 50.0 Å². The smallest absolute Gasteiger partial charge is 0.339 e. The molecule has 0 amide bonds. The number of benzene rings is 3. The maximum absolute atomic E-state index is 11.5. The van der Waals surface area contributed by atoms with Crippen molar-refractivity contribution in [2.45, 2.75) is 32.5 Å². The quantitative estimate of drug-likeness (QED) is 0.223. The molecule has 3 aromatic carbocycles. The van der Waals surface area contributed by atoms with E-state index in [0.29, 0.717) is 30.1 Å². The van der Waals surface area contributed by atoms with Crippen LogP contribution in [0, 0.1) is 0 Å². The van der Waals surface area contributed by atoms with E-state index in [2.05, 4.69) is 10.0 Å². The van der Waals surface area contributed by atoms with Gasteiger partial charge < -0.3 is 20.3 Å². The van der Waals surface area contributed by atoms with Crippen molar-refractivity contribution in [1.82, 2.24) is 5.32 Å². The normalized spacial score (nSPS) is 11.7. The van der Waals surface area contributed by atoms with Gasteiger partial charge in [0.05, 0.1) is 18.5 Å². The molecular formula is C27H34Cl2N2O6S. The number of carbonyl (C=O) groups is 1. The molecule has 8 nitrogen and oxygen atoms in total. The topological polar surface area (TPSA) is 125 Å². The number of hydrogen-bond acceptors (Lipinski definition) is 6. The number of halogens is 2. The van der Waals surface area contributed by atoms with Crippen LogP contribution in [0.5, 0.6) is 5.75 Å². The van der Waals surface area contributed by atoms with E-state index in [1.807, 2.05) is 38.1 Å². The molecule has 3 rings (SSSR count). The molecule has 0 radical (unpaired) electrons. The summed E-state index contributed by atoms with van der Waals surface area (Å²) in [6.45, 7) is 4.69. The molecule has 0 saturated heterocycles. The molecule has 0 saturated carbocycles. The largest absolute Gasteiger partial charge is 0.490 e. The second-order valence-corrected chi connectivity index (χ2v) is 10.6. The zero-order valence-corrected chi connectivity index (χ0v) is 23.8. The Bertz CT molecular complexity index is 1300. The Hall–Kier alpha value is -2.82. The Kier molecular flexibility index (Phi) is 13.1. The molecule has 11 heteroatoms. The average molecular weight is 586 g/mol. The van der Waals surface area contributed by atoms with Crippen LogP contribution in [0.1, 0.15) is 41.4 Å². The molecule has 0 unspecified atom stereocenters. The lowest BCUT2D eigenvalue weighted by Gasteiger charge is -2.14. The Morgan fingerprint density at radius 2 is 1.63 bits per heavy atom. The monoisotopic (exact) mass is 584 g/mol. The Morgan fingerprint density at radius 1 is 0.974 bits per heavy atom. The highest BCUT2D eigenvalue weighted by Gasteiger charge is 2.14. The number of ether oxygens (including phenoxy) is 1. The number of sulfonamides is 1. The maximum Gasteiger partial charge on any atom is 0.339 e. The number of carboxylic acid groups (broad SMARTS) is 1. The van der Waals surface area contributed by atoms with Gasteiger partial charge in [-0.15, -0.1) is 24.8 Å². The summed E-state index contributed by atoms with van der Waals surface area (Å²) in [6.07, 6.45) is 0.921. The minimum Gasteiger partial charge on any atom is -0.490 e. The third-order valence-electron chi connectivity index (χ3n) is 5.36. The summed E-state index contributed by atoms with van der Waals surface area (Å²) >= 11 is 0. The zero-order valence-electron chi connectivity index (χ0n) is 21.4. The Morgan fingerprint density at radius 3 is 2.24 bits per heavy atom. The maximum atomic E-state index is 11.5. The molecule has 0 bridgehead atoms. The fourth-order valence-electron chi connectivity index (χ4n) is 3.71. The molecule has 0 heterocycles. The van der Waals surface area contributed by atoms with E-state index >= 15 is 0 Å². The predicted octanol–water partition coefficient (Wildman–Crippen LogP) is 4.92. The summed E-state index contributed by atoms with van der Waals surface area (Å²) in [7, 11) is -3.38. The molecule has 0 aliphatic rings. The number of anilines is 1. The van der Waals surface area contributed by atoms with Crippen molar-refractivity contribution in [3.63, 3.8) is 0 Å². The van der Waals surface area contributed by atoms with Crippen molar-refractivity contribution in [3.05, 3.63) is 83.4 Å². The molecular weight excluding hydrogens is 551 g/mol. The lowest BCUT2D eigenvalue weighted by molar-refractivity contribution is 0.0690. The van der Waals surface area contributed by atoms with Gasteiger partial charge in [0.15, 0.2) is 0 Å². The summed E-state index contributed by atoms with van der Waals surface area (Å²) < 4.78 is 30.9. The molecule has 4 N–H and O–H groups in total. The summed E-state index contributed by atoms with van der Waals surface area (Å²) in [5, 5.41) is 23.1. The van der Waals surface area contributed by atoms with Crippen molar-refractivity contribution in [1.29, 1.82) is 0 Å². The van der Waals surface area contributed by atoms with Crippen molar-refractivity contribution < 1.29 is 28.2 Å². The lowest BCUT2D eigenvalue weighted by atomic mass is 10.0. The third kappa shape index (κ3) is 10.2. The van der Waals surface area contributed by atoms with Crippen LogP contribution >= 0.6 is 24.8 Å². The predicted molar refractivity (Wildman–Crippen MR) is 156 cm³/mol. The molecule has 0 aliphatic heterocycles. The molecule has 0 aromatic heterocycles. The van der Waals surface area contributed by atoms with E-state index < -0.39 is 22.1 Å². The number of aliphatic hydroxyl groups excluding tert-OH is 1. The van der Waals surface area contributed by atoms with Gasteiger partial charge in [-0.3, -0.25) is 4.72 Å². The fraction of sp³-hybridized carbons (Fsp3) is 0.296. The van der Waals surface area contributed by atoms with Crippen LogP contribution < -0.4 is 14.8 Å². The summed E-state index contributed by atoms with van der Waals surface area (Å²) in [4.78, 5) is 11.5. The first kappa shape index (κ1) is 33.2. The lowest BCUT2D eigenvalue weighted by Crippen LogP contribution is -2.23.